The highest BCUT2D eigenvalue weighted by atomic mass is 79.9. The second-order valence-electron chi connectivity index (χ2n) is 3.32. The lowest BCUT2D eigenvalue weighted by Gasteiger charge is -2.24. The quantitative estimate of drug-likeness (QED) is 0.838. The lowest BCUT2D eigenvalue weighted by molar-refractivity contribution is 0.115. The van der Waals surface area contributed by atoms with Gasteiger partial charge in [0.05, 0.1) is 12.6 Å². The summed E-state index contributed by atoms with van der Waals surface area (Å²) in [6, 6.07) is 4.97. The number of benzene rings is 1. The highest BCUT2D eigenvalue weighted by Gasteiger charge is 2.23. The van der Waals surface area contributed by atoms with E-state index in [-0.39, 0.29) is 24.2 Å². The van der Waals surface area contributed by atoms with E-state index in [0.717, 1.165) is 4.47 Å². The molecule has 0 radical (unpaired) electrons. The Morgan fingerprint density at radius 2 is 2.25 bits per heavy atom. The van der Waals surface area contributed by atoms with E-state index in [2.05, 4.69) is 21.2 Å². The molecule has 88 valence electrons. The van der Waals surface area contributed by atoms with E-state index in [1.165, 1.54) is 0 Å². The molecule has 2 rings (SSSR count). The number of halogens is 2. The minimum absolute atomic E-state index is 0. The molecular formula is C10H11BrClNO3. The number of carbonyl (C=O) groups excluding carboxylic acids is 1. The Labute approximate surface area is 108 Å². The summed E-state index contributed by atoms with van der Waals surface area (Å²) in [5.74, 6) is 0.186. The number of aromatic hydroxyl groups is 1. The largest absolute Gasteiger partial charge is 0.508 e. The van der Waals surface area contributed by atoms with E-state index in [4.69, 9.17) is 4.74 Å². The van der Waals surface area contributed by atoms with Gasteiger partial charge in [-0.2, -0.15) is 0 Å². The monoisotopic (exact) mass is 307 g/mol. The summed E-state index contributed by atoms with van der Waals surface area (Å²) in [5, 5.41) is 12.3. The van der Waals surface area contributed by atoms with E-state index in [9.17, 15) is 9.90 Å². The van der Waals surface area contributed by atoms with Crippen LogP contribution in [0.1, 0.15) is 18.0 Å². The van der Waals surface area contributed by atoms with Crippen LogP contribution < -0.4 is 5.32 Å². The maximum atomic E-state index is 11.0. The van der Waals surface area contributed by atoms with Crippen LogP contribution in [0.15, 0.2) is 22.7 Å². The first kappa shape index (κ1) is 13.1. The Bertz CT molecular complexity index is 400. The van der Waals surface area contributed by atoms with Gasteiger partial charge in [-0.05, 0) is 18.2 Å². The number of phenols is 1. The summed E-state index contributed by atoms with van der Waals surface area (Å²) in [6.07, 6.45) is 0.223. The van der Waals surface area contributed by atoms with E-state index in [1.807, 2.05) is 0 Å². The molecule has 1 fully saturated rings. The highest BCUT2D eigenvalue weighted by molar-refractivity contribution is 9.10. The summed E-state index contributed by atoms with van der Waals surface area (Å²) in [7, 11) is 0. The van der Waals surface area contributed by atoms with Gasteiger partial charge in [-0.1, -0.05) is 15.9 Å². The smallest absolute Gasteiger partial charge is 0.407 e. The predicted molar refractivity (Wildman–Crippen MR) is 64.9 cm³/mol. The van der Waals surface area contributed by atoms with Crippen molar-refractivity contribution in [1.82, 2.24) is 5.32 Å². The average molecular weight is 309 g/mol. The van der Waals surface area contributed by atoms with Crippen molar-refractivity contribution >= 4 is 34.4 Å². The fourth-order valence-corrected chi connectivity index (χ4v) is 1.94. The van der Waals surface area contributed by atoms with Gasteiger partial charge in [-0.15, -0.1) is 12.4 Å². The van der Waals surface area contributed by atoms with Gasteiger partial charge in [-0.25, -0.2) is 4.79 Å². The molecule has 16 heavy (non-hydrogen) atoms. The first-order valence-electron chi connectivity index (χ1n) is 4.58. The van der Waals surface area contributed by atoms with Crippen LogP contribution in [0.4, 0.5) is 4.79 Å². The van der Waals surface area contributed by atoms with E-state index in [1.54, 1.807) is 18.2 Å². The topological polar surface area (TPSA) is 58.6 Å². The maximum absolute atomic E-state index is 11.0. The van der Waals surface area contributed by atoms with Gasteiger partial charge < -0.3 is 15.2 Å². The van der Waals surface area contributed by atoms with Crippen molar-refractivity contribution in [3.8, 4) is 5.75 Å². The van der Waals surface area contributed by atoms with Crippen molar-refractivity contribution in [1.29, 1.82) is 0 Å². The first-order valence-corrected chi connectivity index (χ1v) is 5.38. The standard InChI is InChI=1S/C10H10BrNO3.ClH/c11-6-1-2-9(13)7(5-6)8-3-4-15-10(14)12-8;/h1-2,5,8,13H,3-4H2,(H,12,14);1H/t8-;/m0./s1. The fraction of sp³-hybridized carbons (Fsp3) is 0.300. The van der Waals surface area contributed by atoms with Crippen molar-refractivity contribution < 1.29 is 14.6 Å². The van der Waals surface area contributed by atoms with E-state index in [0.29, 0.717) is 18.6 Å². The Kier molecular flexibility index (Phi) is 4.44. The fourth-order valence-electron chi connectivity index (χ4n) is 1.56. The first-order chi connectivity index (χ1) is 7.16. The van der Waals surface area contributed by atoms with Crippen LogP contribution in [0.2, 0.25) is 0 Å². The SMILES string of the molecule is Cl.O=C1N[C@H](c2cc(Br)ccc2O)CCO1. The minimum Gasteiger partial charge on any atom is -0.508 e. The second-order valence-corrected chi connectivity index (χ2v) is 4.24. The number of hydrogen-bond acceptors (Lipinski definition) is 3. The second kappa shape index (κ2) is 5.41. The average Bonchev–Trinajstić information content (AvgIpc) is 2.22. The third kappa shape index (κ3) is 2.80. The molecule has 1 aliphatic rings. The number of hydrogen-bond donors (Lipinski definition) is 2. The third-order valence-corrected chi connectivity index (χ3v) is 2.79. The van der Waals surface area contributed by atoms with Crippen molar-refractivity contribution in [3.63, 3.8) is 0 Å². The maximum Gasteiger partial charge on any atom is 0.407 e. The van der Waals surface area contributed by atoms with Crippen LogP contribution in [0, 0.1) is 0 Å². The van der Waals surface area contributed by atoms with Crippen LogP contribution >= 0.6 is 28.3 Å². The zero-order chi connectivity index (χ0) is 10.8. The molecular weight excluding hydrogens is 297 g/mol. The number of alkyl carbamates (subject to hydrolysis) is 1. The number of carbonyl (C=O) groups is 1. The number of rotatable bonds is 1. The number of phenolic OH excluding ortho intramolecular Hbond substituents is 1. The molecule has 0 unspecified atom stereocenters. The molecule has 0 aliphatic carbocycles. The third-order valence-electron chi connectivity index (χ3n) is 2.30. The zero-order valence-corrected chi connectivity index (χ0v) is 10.7. The Morgan fingerprint density at radius 3 is 2.94 bits per heavy atom. The summed E-state index contributed by atoms with van der Waals surface area (Å²) in [5.41, 5.74) is 0.709. The minimum atomic E-state index is -0.439. The van der Waals surface area contributed by atoms with E-state index < -0.39 is 6.09 Å². The Morgan fingerprint density at radius 1 is 1.50 bits per heavy atom. The molecule has 1 amide bonds. The summed E-state index contributed by atoms with van der Waals surface area (Å²) in [6.45, 7) is 0.377. The van der Waals surface area contributed by atoms with Crippen molar-refractivity contribution in [3.05, 3.63) is 28.2 Å². The Balaban J connectivity index is 0.00000128. The summed E-state index contributed by atoms with van der Waals surface area (Å²) < 4.78 is 5.63. The van der Waals surface area contributed by atoms with Gasteiger partial charge in [0.15, 0.2) is 0 Å². The molecule has 6 heteroatoms. The molecule has 1 aromatic rings. The van der Waals surface area contributed by atoms with Gasteiger partial charge in [0.2, 0.25) is 0 Å². The van der Waals surface area contributed by atoms with Crippen LogP contribution in [0.25, 0.3) is 0 Å². The van der Waals surface area contributed by atoms with Gasteiger partial charge in [-0.3, -0.25) is 0 Å². The zero-order valence-electron chi connectivity index (χ0n) is 8.27. The van der Waals surface area contributed by atoms with Gasteiger partial charge in [0.25, 0.3) is 0 Å². The van der Waals surface area contributed by atoms with Gasteiger partial charge >= 0.3 is 6.09 Å². The normalized spacial score (nSPS) is 19.3. The van der Waals surface area contributed by atoms with Crippen molar-refractivity contribution in [2.75, 3.05) is 6.61 Å². The molecule has 2 N–H and O–H groups in total. The number of nitrogens with one attached hydrogen (secondary N) is 1. The van der Waals surface area contributed by atoms with Gasteiger partial charge in [0.1, 0.15) is 5.75 Å². The predicted octanol–water partition coefficient (Wildman–Crippen LogP) is 2.75. The lowest BCUT2D eigenvalue weighted by atomic mass is 10.0. The molecule has 1 atom stereocenters. The van der Waals surface area contributed by atoms with Crippen LogP contribution in [0.5, 0.6) is 5.75 Å². The highest BCUT2D eigenvalue weighted by Crippen LogP contribution is 2.30. The summed E-state index contributed by atoms with van der Waals surface area (Å²) in [4.78, 5) is 11.0. The summed E-state index contributed by atoms with van der Waals surface area (Å²) >= 11 is 3.32. The van der Waals surface area contributed by atoms with Crippen molar-refractivity contribution in [2.24, 2.45) is 0 Å². The number of cyclic esters (lactones) is 1. The molecule has 0 spiro atoms. The van der Waals surface area contributed by atoms with Crippen LogP contribution in [-0.4, -0.2) is 17.8 Å². The lowest BCUT2D eigenvalue weighted by Crippen LogP contribution is -2.35. The molecule has 0 bridgehead atoms. The number of amides is 1. The molecule has 1 saturated heterocycles. The Hall–Kier alpha value is -0.940. The van der Waals surface area contributed by atoms with Crippen LogP contribution in [0.3, 0.4) is 0 Å². The van der Waals surface area contributed by atoms with Gasteiger partial charge in [0, 0.05) is 16.5 Å². The molecule has 0 aromatic heterocycles. The molecule has 1 aliphatic heterocycles. The molecule has 0 saturated carbocycles. The van der Waals surface area contributed by atoms with Crippen molar-refractivity contribution in [2.45, 2.75) is 12.5 Å². The van der Waals surface area contributed by atoms with Crippen LogP contribution in [-0.2, 0) is 4.74 Å². The molecule has 4 nitrogen and oxygen atoms in total. The number of ether oxygens (including phenoxy) is 1. The molecule has 1 aromatic carbocycles. The van der Waals surface area contributed by atoms with E-state index >= 15 is 0 Å². The molecule has 1 heterocycles.